The number of carbonyl (C=O) groups excluding carboxylic acids is 2. The third-order valence-electron chi connectivity index (χ3n) is 6.06. The smallest absolute Gasteiger partial charge is 0.293 e. The maximum atomic E-state index is 13.5. The van der Waals surface area contributed by atoms with E-state index in [0.717, 1.165) is 12.1 Å². The van der Waals surface area contributed by atoms with Crippen molar-refractivity contribution in [3.63, 3.8) is 0 Å². The summed E-state index contributed by atoms with van der Waals surface area (Å²) in [5.41, 5.74) is 0.380. The quantitative estimate of drug-likeness (QED) is 0.540. The molecule has 0 spiro atoms. The van der Waals surface area contributed by atoms with Gasteiger partial charge in [0.15, 0.2) is 0 Å². The Labute approximate surface area is 195 Å². The highest BCUT2D eigenvalue weighted by atomic mass is 19.1. The van der Waals surface area contributed by atoms with E-state index in [2.05, 4.69) is 5.32 Å². The predicted octanol–water partition coefficient (Wildman–Crippen LogP) is 2.27. The van der Waals surface area contributed by atoms with E-state index in [1.54, 1.807) is 21.9 Å². The summed E-state index contributed by atoms with van der Waals surface area (Å²) in [4.78, 5) is 41.8. The maximum absolute atomic E-state index is 13.5. The molecule has 0 radical (unpaired) electrons. The van der Waals surface area contributed by atoms with Crippen molar-refractivity contribution in [1.82, 2.24) is 15.1 Å². The minimum atomic E-state index is -0.828. The molecule has 4 rings (SSSR count). The minimum Gasteiger partial charge on any atom is -0.364 e. The zero-order valence-electron chi connectivity index (χ0n) is 18.5. The van der Waals surface area contributed by atoms with Crippen LogP contribution in [0.4, 0.5) is 20.2 Å². The third kappa shape index (κ3) is 5.14. The van der Waals surface area contributed by atoms with Gasteiger partial charge in [0.1, 0.15) is 17.3 Å². The highest BCUT2D eigenvalue weighted by Crippen LogP contribution is 2.31. The van der Waals surface area contributed by atoms with Gasteiger partial charge in [-0.1, -0.05) is 0 Å². The molecule has 2 heterocycles. The van der Waals surface area contributed by atoms with Gasteiger partial charge in [-0.2, -0.15) is 0 Å². The largest absolute Gasteiger partial charge is 0.364 e. The zero-order chi connectivity index (χ0) is 24.2. The lowest BCUT2D eigenvalue weighted by Crippen LogP contribution is -2.46. The number of nitro groups is 1. The standard InChI is InChI=1S/C23H25F2N5O4/c24-18-12-17(13-19(25)15-18)23(32)28-7-1-6-27(10-11-28)20-3-2-16(14-21(20)30(33)34)22(31)29-8-4-26-5-9-29/h2-3,12-15,26H,1,4-11H2. The second-order valence-electron chi connectivity index (χ2n) is 8.29. The molecule has 34 heavy (non-hydrogen) atoms. The molecular formula is C23H25F2N5O4. The van der Waals surface area contributed by atoms with Crippen molar-refractivity contribution in [1.29, 1.82) is 0 Å². The summed E-state index contributed by atoms with van der Waals surface area (Å²) in [5.74, 6) is -2.39. The number of piperazine rings is 1. The number of nitrogens with zero attached hydrogens (tertiary/aromatic N) is 4. The summed E-state index contributed by atoms with van der Waals surface area (Å²) in [6.45, 7) is 3.77. The second-order valence-corrected chi connectivity index (χ2v) is 8.29. The lowest BCUT2D eigenvalue weighted by atomic mass is 10.1. The molecule has 0 bridgehead atoms. The van der Waals surface area contributed by atoms with Crippen molar-refractivity contribution >= 4 is 23.2 Å². The summed E-state index contributed by atoms with van der Waals surface area (Å²) in [6, 6.07) is 7.17. The fraction of sp³-hybridized carbons (Fsp3) is 0.391. The van der Waals surface area contributed by atoms with E-state index < -0.39 is 22.5 Å². The Bertz CT molecular complexity index is 1090. The van der Waals surface area contributed by atoms with Crippen LogP contribution in [-0.4, -0.2) is 78.9 Å². The summed E-state index contributed by atoms with van der Waals surface area (Å²) in [7, 11) is 0. The van der Waals surface area contributed by atoms with Gasteiger partial charge in [0.25, 0.3) is 17.5 Å². The van der Waals surface area contributed by atoms with Gasteiger partial charge in [0, 0.05) is 75.6 Å². The molecule has 0 unspecified atom stereocenters. The number of hydrogen-bond acceptors (Lipinski definition) is 6. The van der Waals surface area contributed by atoms with Gasteiger partial charge in [-0.25, -0.2) is 8.78 Å². The fourth-order valence-corrected chi connectivity index (χ4v) is 4.34. The maximum Gasteiger partial charge on any atom is 0.293 e. The average Bonchev–Trinajstić information content (AvgIpc) is 3.09. The molecule has 2 aliphatic heterocycles. The molecule has 0 atom stereocenters. The molecular weight excluding hydrogens is 448 g/mol. The van der Waals surface area contributed by atoms with Gasteiger partial charge in [-0.05, 0) is 30.7 Å². The van der Waals surface area contributed by atoms with Crippen LogP contribution >= 0.6 is 0 Å². The van der Waals surface area contributed by atoms with E-state index in [1.807, 2.05) is 0 Å². The SMILES string of the molecule is O=C(c1ccc(N2CCCN(C(=O)c3cc(F)cc(F)c3)CC2)c([N+](=O)[O-])c1)N1CCNCC1. The van der Waals surface area contributed by atoms with E-state index >= 15 is 0 Å². The number of nitro benzene ring substituents is 1. The Balaban J connectivity index is 1.51. The lowest BCUT2D eigenvalue weighted by molar-refractivity contribution is -0.384. The van der Waals surface area contributed by atoms with E-state index in [1.165, 1.54) is 11.0 Å². The van der Waals surface area contributed by atoms with Gasteiger partial charge < -0.3 is 20.0 Å². The first-order chi connectivity index (χ1) is 16.3. The number of benzene rings is 2. The molecule has 2 amide bonds. The summed E-state index contributed by atoms with van der Waals surface area (Å²) >= 11 is 0. The van der Waals surface area contributed by atoms with Crippen molar-refractivity contribution in [3.8, 4) is 0 Å². The average molecular weight is 473 g/mol. The third-order valence-corrected chi connectivity index (χ3v) is 6.06. The lowest BCUT2D eigenvalue weighted by Gasteiger charge is -2.28. The molecule has 0 aliphatic carbocycles. The second kappa shape index (κ2) is 10.1. The Hall–Kier alpha value is -3.60. The minimum absolute atomic E-state index is 0.0762. The van der Waals surface area contributed by atoms with Crippen LogP contribution in [0.2, 0.25) is 0 Å². The van der Waals surface area contributed by atoms with E-state index in [9.17, 15) is 28.5 Å². The molecule has 2 saturated heterocycles. The number of carbonyl (C=O) groups is 2. The molecule has 2 fully saturated rings. The fourth-order valence-electron chi connectivity index (χ4n) is 4.34. The van der Waals surface area contributed by atoms with Gasteiger partial charge in [0.05, 0.1) is 4.92 Å². The topological polar surface area (TPSA) is 99.0 Å². The van der Waals surface area contributed by atoms with Crippen LogP contribution in [0.5, 0.6) is 0 Å². The number of amides is 2. The molecule has 11 heteroatoms. The number of nitrogens with one attached hydrogen (secondary N) is 1. The summed E-state index contributed by atoms with van der Waals surface area (Å²) in [5, 5.41) is 15.0. The number of hydrogen-bond donors (Lipinski definition) is 1. The first-order valence-electron chi connectivity index (χ1n) is 11.1. The number of halogens is 2. The molecule has 2 aliphatic rings. The normalized spacial score (nSPS) is 16.8. The van der Waals surface area contributed by atoms with Crippen LogP contribution in [0.25, 0.3) is 0 Å². The number of anilines is 1. The molecule has 9 nitrogen and oxygen atoms in total. The van der Waals surface area contributed by atoms with Crippen LogP contribution in [0.15, 0.2) is 36.4 Å². The van der Waals surface area contributed by atoms with Crippen LogP contribution in [-0.2, 0) is 0 Å². The highest BCUT2D eigenvalue weighted by Gasteiger charge is 2.27. The monoisotopic (exact) mass is 473 g/mol. The van der Waals surface area contributed by atoms with Crippen LogP contribution in [0, 0.1) is 21.7 Å². The van der Waals surface area contributed by atoms with Crippen LogP contribution in [0.3, 0.4) is 0 Å². The molecule has 0 aromatic heterocycles. The van der Waals surface area contributed by atoms with Crippen LogP contribution < -0.4 is 10.2 Å². The van der Waals surface area contributed by atoms with Gasteiger partial charge in [0.2, 0.25) is 0 Å². The molecule has 1 N–H and O–H groups in total. The molecule has 180 valence electrons. The van der Waals surface area contributed by atoms with Gasteiger partial charge >= 0.3 is 0 Å². The van der Waals surface area contributed by atoms with Crippen molar-refractivity contribution in [2.75, 3.05) is 57.3 Å². The Morgan fingerprint density at radius 2 is 1.47 bits per heavy atom. The van der Waals surface area contributed by atoms with Crippen LogP contribution in [0.1, 0.15) is 27.1 Å². The Morgan fingerprint density at radius 3 is 2.15 bits per heavy atom. The molecule has 0 saturated carbocycles. The summed E-state index contributed by atoms with van der Waals surface area (Å²) in [6.07, 6.45) is 0.516. The Kier molecular flexibility index (Phi) is 7.01. The van der Waals surface area contributed by atoms with Crippen molar-refractivity contribution in [2.45, 2.75) is 6.42 Å². The van der Waals surface area contributed by atoms with Gasteiger partial charge in [-0.3, -0.25) is 19.7 Å². The molecule has 2 aromatic carbocycles. The first kappa shape index (κ1) is 23.6. The number of rotatable bonds is 4. The van der Waals surface area contributed by atoms with E-state index in [-0.39, 0.29) is 29.3 Å². The Morgan fingerprint density at radius 1 is 0.824 bits per heavy atom. The predicted molar refractivity (Wildman–Crippen MR) is 121 cm³/mol. The summed E-state index contributed by atoms with van der Waals surface area (Å²) < 4.78 is 27.1. The zero-order valence-corrected chi connectivity index (χ0v) is 18.5. The van der Waals surface area contributed by atoms with E-state index in [0.29, 0.717) is 64.0 Å². The molecule has 2 aromatic rings. The highest BCUT2D eigenvalue weighted by molar-refractivity contribution is 5.96. The van der Waals surface area contributed by atoms with Crippen molar-refractivity contribution in [3.05, 3.63) is 69.3 Å². The van der Waals surface area contributed by atoms with Crippen molar-refractivity contribution in [2.24, 2.45) is 0 Å². The van der Waals surface area contributed by atoms with Crippen molar-refractivity contribution < 1.29 is 23.3 Å². The van der Waals surface area contributed by atoms with Gasteiger partial charge in [-0.15, -0.1) is 0 Å². The van der Waals surface area contributed by atoms with E-state index in [4.69, 9.17) is 0 Å². The first-order valence-corrected chi connectivity index (χ1v) is 11.1.